The molecule has 5 aromatic rings. The first-order chi connectivity index (χ1) is 19.2. The average Bonchev–Trinajstić information content (AvgIpc) is 2.91. The Balaban J connectivity index is 1.58. The summed E-state index contributed by atoms with van der Waals surface area (Å²) in [6, 6.07) is 32.1. The maximum atomic E-state index is 6.42. The molecule has 0 amide bonds. The van der Waals surface area contributed by atoms with Crippen LogP contribution in [0.4, 0.5) is 0 Å². The number of fused-ring (bicyclic) bond motifs is 1. The zero-order valence-corrected chi connectivity index (χ0v) is 27.0. The van der Waals surface area contributed by atoms with Crippen molar-refractivity contribution in [3.8, 4) is 34.3 Å². The summed E-state index contributed by atoms with van der Waals surface area (Å²) in [4.78, 5) is 9.94. The fourth-order valence-corrected chi connectivity index (χ4v) is 6.23. The topological polar surface area (TPSA) is 35.0 Å². The molecule has 41 heavy (non-hydrogen) atoms. The van der Waals surface area contributed by atoms with E-state index >= 15 is 0 Å². The van der Waals surface area contributed by atoms with E-state index in [0.717, 1.165) is 22.5 Å². The van der Waals surface area contributed by atoms with Gasteiger partial charge >= 0.3 is 0 Å². The minimum absolute atomic E-state index is 0.0000164. The number of benzene rings is 3. The second kappa shape index (κ2) is 10.6. The van der Waals surface area contributed by atoms with Crippen molar-refractivity contribution in [3.63, 3.8) is 0 Å². The SMILES string of the molecule is CC(C)(C)c1cccc(-c2cccc(Oc3cc([Si](C)(C)C)cc(-c4cc(C(C)(C)C)c5ccccc5c4)n3)n2)c1. The Labute approximate surface area is 246 Å². The molecule has 210 valence electrons. The molecule has 3 aromatic carbocycles. The Morgan fingerprint density at radius 2 is 1.29 bits per heavy atom. The lowest BCUT2D eigenvalue weighted by Gasteiger charge is -2.23. The highest BCUT2D eigenvalue weighted by Gasteiger charge is 2.22. The van der Waals surface area contributed by atoms with Crippen LogP contribution in [0.25, 0.3) is 33.3 Å². The maximum absolute atomic E-state index is 6.42. The third-order valence-electron chi connectivity index (χ3n) is 7.59. The molecule has 0 aliphatic rings. The summed E-state index contributed by atoms with van der Waals surface area (Å²) in [6.45, 7) is 20.6. The van der Waals surface area contributed by atoms with Crippen LogP contribution in [-0.4, -0.2) is 18.0 Å². The molecular weight excluding hydrogens is 517 g/mol. The predicted octanol–water partition coefficient (Wildman–Crippen LogP) is 9.90. The molecule has 0 bridgehead atoms. The minimum atomic E-state index is -1.68. The van der Waals surface area contributed by atoms with Gasteiger partial charge in [-0.3, -0.25) is 0 Å². The van der Waals surface area contributed by atoms with Crippen molar-refractivity contribution in [2.24, 2.45) is 0 Å². The van der Waals surface area contributed by atoms with Gasteiger partial charge in [-0.05, 0) is 63.1 Å². The van der Waals surface area contributed by atoms with Crippen molar-refractivity contribution in [2.45, 2.75) is 72.0 Å². The Morgan fingerprint density at radius 3 is 2.00 bits per heavy atom. The van der Waals surface area contributed by atoms with Gasteiger partial charge in [0.2, 0.25) is 11.8 Å². The van der Waals surface area contributed by atoms with E-state index in [-0.39, 0.29) is 10.8 Å². The highest BCUT2D eigenvalue weighted by molar-refractivity contribution is 6.88. The molecule has 0 unspecified atom stereocenters. The molecular formula is C37H42N2OSi. The fourth-order valence-electron chi connectivity index (χ4n) is 5.10. The van der Waals surface area contributed by atoms with Gasteiger partial charge in [0.25, 0.3) is 0 Å². The molecule has 0 spiro atoms. The first kappa shape index (κ1) is 28.8. The summed E-state index contributed by atoms with van der Waals surface area (Å²) >= 11 is 0. The average molecular weight is 559 g/mol. The van der Waals surface area contributed by atoms with Crippen LogP contribution in [0.2, 0.25) is 19.6 Å². The minimum Gasteiger partial charge on any atom is -0.421 e. The standard InChI is InChI=1S/C37H42N2OSi/c1-36(2,3)28-16-12-15-26(21-28)32-18-13-19-34(38-32)40-35-24-29(41(7,8)9)23-33(39-35)27-20-25-14-10-11-17-30(25)31(22-27)37(4,5)6/h10-24H,1-9H3. The van der Waals surface area contributed by atoms with Crippen molar-refractivity contribution < 1.29 is 4.74 Å². The Hall–Kier alpha value is -3.76. The molecule has 0 fully saturated rings. The van der Waals surface area contributed by atoms with Gasteiger partial charge in [0, 0.05) is 23.3 Å². The first-order valence-electron chi connectivity index (χ1n) is 14.5. The van der Waals surface area contributed by atoms with Gasteiger partial charge in [0.1, 0.15) is 0 Å². The van der Waals surface area contributed by atoms with E-state index in [9.17, 15) is 0 Å². The van der Waals surface area contributed by atoms with Gasteiger partial charge in [-0.2, -0.15) is 0 Å². The second-order valence-corrected chi connectivity index (χ2v) is 19.2. The number of nitrogens with zero attached hydrogens (tertiary/aromatic N) is 2. The van der Waals surface area contributed by atoms with Gasteiger partial charge in [-0.1, -0.05) is 115 Å². The molecule has 0 radical (unpaired) electrons. The van der Waals surface area contributed by atoms with Gasteiger partial charge in [-0.15, -0.1) is 0 Å². The van der Waals surface area contributed by atoms with Crippen molar-refractivity contribution >= 4 is 24.0 Å². The molecule has 0 N–H and O–H groups in total. The van der Waals surface area contributed by atoms with Crippen LogP contribution in [0.1, 0.15) is 52.7 Å². The van der Waals surface area contributed by atoms with Crippen LogP contribution in [-0.2, 0) is 10.8 Å². The molecule has 3 nitrogen and oxygen atoms in total. The molecule has 2 aromatic heterocycles. The largest absolute Gasteiger partial charge is 0.421 e. The third-order valence-corrected chi connectivity index (χ3v) is 9.61. The smallest absolute Gasteiger partial charge is 0.221 e. The quantitative estimate of drug-likeness (QED) is 0.201. The first-order valence-corrected chi connectivity index (χ1v) is 18.0. The van der Waals surface area contributed by atoms with Crippen molar-refractivity contribution in [3.05, 3.63) is 102 Å². The third kappa shape index (κ3) is 6.44. The van der Waals surface area contributed by atoms with Gasteiger partial charge in [-0.25, -0.2) is 9.97 Å². The molecule has 0 atom stereocenters. The molecule has 2 heterocycles. The monoisotopic (exact) mass is 558 g/mol. The van der Waals surface area contributed by atoms with Crippen molar-refractivity contribution in [2.75, 3.05) is 0 Å². The molecule has 0 aliphatic heterocycles. The lowest BCUT2D eigenvalue weighted by atomic mass is 9.82. The predicted molar refractivity (Wildman–Crippen MR) is 177 cm³/mol. The van der Waals surface area contributed by atoms with Crippen LogP contribution in [0, 0.1) is 0 Å². The van der Waals surface area contributed by atoms with Gasteiger partial charge < -0.3 is 4.74 Å². The number of hydrogen-bond acceptors (Lipinski definition) is 3. The van der Waals surface area contributed by atoms with Crippen LogP contribution in [0.15, 0.2) is 91.0 Å². The van der Waals surface area contributed by atoms with Crippen LogP contribution >= 0.6 is 0 Å². The van der Waals surface area contributed by atoms with Crippen molar-refractivity contribution in [1.82, 2.24) is 9.97 Å². The molecule has 0 aliphatic carbocycles. The van der Waals surface area contributed by atoms with Crippen molar-refractivity contribution in [1.29, 1.82) is 0 Å². The number of ether oxygens (including phenoxy) is 1. The Kier molecular flexibility index (Phi) is 7.41. The number of hydrogen-bond donors (Lipinski definition) is 0. The summed E-state index contributed by atoms with van der Waals surface area (Å²) in [7, 11) is -1.68. The fraction of sp³-hybridized carbons (Fsp3) is 0.297. The summed E-state index contributed by atoms with van der Waals surface area (Å²) in [5.74, 6) is 1.13. The van der Waals surface area contributed by atoms with E-state index < -0.39 is 8.07 Å². The van der Waals surface area contributed by atoms with E-state index in [4.69, 9.17) is 14.7 Å². The van der Waals surface area contributed by atoms with Crippen LogP contribution < -0.4 is 9.92 Å². The maximum Gasteiger partial charge on any atom is 0.221 e. The second-order valence-electron chi connectivity index (χ2n) is 14.1. The van der Waals surface area contributed by atoms with Crippen LogP contribution in [0.5, 0.6) is 11.8 Å². The number of aromatic nitrogens is 2. The van der Waals surface area contributed by atoms with E-state index in [1.165, 1.54) is 27.1 Å². The number of pyridine rings is 2. The van der Waals surface area contributed by atoms with E-state index in [1.54, 1.807) is 0 Å². The lowest BCUT2D eigenvalue weighted by Crippen LogP contribution is -2.37. The molecule has 5 rings (SSSR count). The van der Waals surface area contributed by atoms with Gasteiger partial charge in [0.15, 0.2) is 0 Å². The highest BCUT2D eigenvalue weighted by atomic mass is 28.3. The molecule has 0 saturated heterocycles. The zero-order valence-electron chi connectivity index (χ0n) is 26.0. The summed E-state index contributed by atoms with van der Waals surface area (Å²) in [5, 5.41) is 3.82. The van der Waals surface area contributed by atoms with Crippen LogP contribution in [0.3, 0.4) is 0 Å². The normalized spacial score (nSPS) is 12.5. The summed E-state index contributed by atoms with van der Waals surface area (Å²) < 4.78 is 6.42. The Morgan fingerprint density at radius 1 is 0.585 bits per heavy atom. The molecule has 4 heteroatoms. The lowest BCUT2D eigenvalue weighted by molar-refractivity contribution is 0.446. The zero-order chi connectivity index (χ0) is 29.6. The summed E-state index contributed by atoms with van der Waals surface area (Å²) in [6.07, 6.45) is 0. The Bertz CT molecular complexity index is 1720. The highest BCUT2D eigenvalue weighted by Crippen LogP contribution is 2.35. The number of rotatable bonds is 5. The van der Waals surface area contributed by atoms with Gasteiger partial charge in [0.05, 0.1) is 19.5 Å². The van der Waals surface area contributed by atoms with E-state index in [1.807, 2.05) is 18.2 Å². The molecule has 0 saturated carbocycles. The van der Waals surface area contributed by atoms with E-state index in [2.05, 4.69) is 134 Å². The van der Waals surface area contributed by atoms with E-state index in [0.29, 0.717) is 11.8 Å². The summed E-state index contributed by atoms with van der Waals surface area (Å²) in [5.41, 5.74) is 6.68.